The fourth-order valence-corrected chi connectivity index (χ4v) is 5.87. The first-order chi connectivity index (χ1) is 13.9. The minimum atomic E-state index is -3.35. The van der Waals surface area contributed by atoms with Gasteiger partial charge in [-0.1, -0.05) is 54.1 Å². The van der Waals surface area contributed by atoms with E-state index in [1.165, 1.54) is 11.1 Å². The molecule has 29 heavy (non-hydrogen) atoms. The van der Waals surface area contributed by atoms with Crippen molar-refractivity contribution in [1.29, 1.82) is 0 Å². The van der Waals surface area contributed by atoms with Gasteiger partial charge in [0.15, 0.2) is 0 Å². The second-order valence-corrected chi connectivity index (χ2v) is 10.2. The third kappa shape index (κ3) is 4.54. The zero-order valence-corrected chi connectivity index (χ0v) is 17.7. The number of rotatable bonds is 4. The number of piperidine rings is 1. The van der Waals surface area contributed by atoms with Crippen LogP contribution in [-0.4, -0.2) is 43.2 Å². The van der Waals surface area contributed by atoms with Gasteiger partial charge in [0, 0.05) is 32.1 Å². The lowest BCUT2D eigenvalue weighted by Gasteiger charge is -2.35. The second-order valence-electron chi connectivity index (χ2n) is 8.19. The average Bonchev–Trinajstić information content (AvgIpc) is 2.74. The molecule has 0 radical (unpaired) electrons. The van der Waals surface area contributed by atoms with E-state index in [-0.39, 0.29) is 17.6 Å². The first-order valence-electron chi connectivity index (χ1n) is 10.3. The molecule has 0 bridgehead atoms. The highest BCUT2D eigenvalue weighted by atomic mass is 32.2. The number of carbonyl (C=O) groups is 1. The van der Waals surface area contributed by atoms with Gasteiger partial charge in [0.1, 0.15) is 0 Å². The monoisotopic (exact) mass is 412 g/mol. The number of nitrogens with zero attached hydrogens (tertiary/aromatic N) is 2. The van der Waals surface area contributed by atoms with Gasteiger partial charge in [-0.15, -0.1) is 0 Å². The molecule has 0 aromatic heterocycles. The third-order valence-electron chi connectivity index (χ3n) is 6.11. The van der Waals surface area contributed by atoms with Crippen molar-refractivity contribution >= 4 is 15.9 Å². The summed E-state index contributed by atoms with van der Waals surface area (Å²) in [6.45, 7) is 4.26. The number of amides is 1. The molecule has 5 nitrogen and oxygen atoms in total. The Balaban J connectivity index is 1.34. The van der Waals surface area contributed by atoms with Gasteiger partial charge in [0.25, 0.3) is 0 Å². The van der Waals surface area contributed by atoms with E-state index in [1.54, 1.807) is 4.31 Å². The van der Waals surface area contributed by atoms with Gasteiger partial charge in [0.2, 0.25) is 15.9 Å². The van der Waals surface area contributed by atoms with E-state index in [4.69, 9.17) is 0 Å². The van der Waals surface area contributed by atoms with Gasteiger partial charge in [-0.05, 0) is 42.9 Å². The number of sulfonamides is 1. The molecule has 154 valence electrons. The highest BCUT2D eigenvalue weighted by Gasteiger charge is 2.33. The molecule has 2 aromatic rings. The van der Waals surface area contributed by atoms with Crippen LogP contribution in [0.3, 0.4) is 0 Å². The smallest absolute Gasteiger partial charge is 0.226 e. The van der Waals surface area contributed by atoms with Gasteiger partial charge < -0.3 is 4.90 Å². The van der Waals surface area contributed by atoms with E-state index in [1.807, 2.05) is 48.2 Å². The number of benzene rings is 2. The van der Waals surface area contributed by atoms with E-state index < -0.39 is 10.0 Å². The van der Waals surface area contributed by atoms with Crippen molar-refractivity contribution in [2.45, 2.75) is 38.5 Å². The van der Waals surface area contributed by atoms with Crippen molar-refractivity contribution in [2.24, 2.45) is 5.92 Å². The predicted octanol–water partition coefficient (Wildman–Crippen LogP) is 3.12. The van der Waals surface area contributed by atoms with E-state index >= 15 is 0 Å². The van der Waals surface area contributed by atoms with Crippen LogP contribution in [0, 0.1) is 12.8 Å². The Morgan fingerprint density at radius 2 is 1.62 bits per heavy atom. The molecule has 2 aromatic carbocycles. The molecule has 0 saturated carbocycles. The Bertz CT molecular complexity index is 977. The number of hydrogen-bond donors (Lipinski definition) is 0. The van der Waals surface area contributed by atoms with Crippen molar-refractivity contribution in [3.05, 3.63) is 70.8 Å². The Kier molecular flexibility index (Phi) is 5.74. The van der Waals surface area contributed by atoms with Crippen molar-refractivity contribution in [1.82, 2.24) is 9.21 Å². The van der Waals surface area contributed by atoms with Crippen molar-refractivity contribution < 1.29 is 13.2 Å². The Morgan fingerprint density at radius 1 is 0.966 bits per heavy atom. The maximum Gasteiger partial charge on any atom is 0.226 e. The second kappa shape index (κ2) is 8.28. The first-order valence-corrected chi connectivity index (χ1v) is 11.9. The van der Waals surface area contributed by atoms with Crippen LogP contribution >= 0.6 is 0 Å². The summed E-state index contributed by atoms with van der Waals surface area (Å²) in [5.41, 5.74) is 4.48. The topological polar surface area (TPSA) is 57.7 Å². The summed E-state index contributed by atoms with van der Waals surface area (Å²) >= 11 is 0. The maximum atomic E-state index is 13.0. The summed E-state index contributed by atoms with van der Waals surface area (Å²) in [7, 11) is -3.35. The summed E-state index contributed by atoms with van der Waals surface area (Å²) in [6.07, 6.45) is 2.10. The Labute approximate surface area is 173 Å². The third-order valence-corrected chi connectivity index (χ3v) is 7.96. The molecule has 1 saturated heterocycles. The van der Waals surface area contributed by atoms with Gasteiger partial charge in [-0.25, -0.2) is 12.7 Å². The molecular formula is C23H28N2O3S. The molecule has 2 heterocycles. The van der Waals surface area contributed by atoms with Crippen LogP contribution in [0.15, 0.2) is 48.5 Å². The van der Waals surface area contributed by atoms with Crippen LogP contribution in [0.4, 0.5) is 0 Å². The van der Waals surface area contributed by atoms with Gasteiger partial charge in [0.05, 0.1) is 5.75 Å². The molecule has 0 aliphatic carbocycles. The summed E-state index contributed by atoms with van der Waals surface area (Å²) in [5.74, 6) is 0.121. The highest BCUT2D eigenvalue weighted by molar-refractivity contribution is 7.88. The van der Waals surface area contributed by atoms with Crippen molar-refractivity contribution in [2.75, 3.05) is 19.6 Å². The molecule has 0 unspecified atom stereocenters. The number of aryl methyl sites for hydroxylation is 1. The van der Waals surface area contributed by atoms with Crippen LogP contribution < -0.4 is 0 Å². The quantitative estimate of drug-likeness (QED) is 0.775. The lowest BCUT2D eigenvalue weighted by molar-refractivity contribution is -0.137. The minimum Gasteiger partial charge on any atom is -0.338 e. The summed E-state index contributed by atoms with van der Waals surface area (Å²) in [4.78, 5) is 14.9. The molecule has 2 aliphatic rings. The van der Waals surface area contributed by atoms with Crippen LogP contribution in [-0.2, 0) is 33.5 Å². The van der Waals surface area contributed by atoms with E-state index in [0.717, 1.165) is 24.1 Å². The molecule has 0 atom stereocenters. The molecule has 1 amide bonds. The lowest BCUT2D eigenvalue weighted by atomic mass is 9.94. The number of carbonyl (C=O) groups excluding carboxylic acids is 1. The summed E-state index contributed by atoms with van der Waals surface area (Å²) < 4.78 is 27.1. The molecule has 0 spiro atoms. The minimum absolute atomic E-state index is 0.0226. The first kappa shape index (κ1) is 20.1. The van der Waals surface area contributed by atoms with Crippen molar-refractivity contribution in [3.8, 4) is 0 Å². The zero-order chi connectivity index (χ0) is 20.4. The Morgan fingerprint density at radius 3 is 2.31 bits per heavy atom. The number of hydrogen-bond acceptors (Lipinski definition) is 3. The van der Waals surface area contributed by atoms with Gasteiger partial charge >= 0.3 is 0 Å². The van der Waals surface area contributed by atoms with Crippen LogP contribution in [0.1, 0.15) is 35.1 Å². The van der Waals surface area contributed by atoms with E-state index in [0.29, 0.717) is 32.5 Å². The molecular weight excluding hydrogens is 384 g/mol. The molecule has 2 aliphatic heterocycles. The largest absolute Gasteiger partial charge is 0.338 e. The normalized spacial score (nSPS) is 18.4. The predicted molar refractivity (Wildman–Crippen MR) is 114 cm³/mol. The van der Waals surface area contributed by atoms with Crippen molar-refractivity contribution in [3.63, 3.8) is 0 Å². The van der Waals surface area contributed by atoms with E-state index in [2.05, 4.69) is 12.1 Å². The lowest BCUT2D eigenvalue weighted by Crippen LogP contribution is -2.45. The van der Waals surface area contributed by atoms with Gasteiger partial charge in [-0.3, -0.25) is 4.79 Å². The van der Waals surface area contributed by atoms with E-state index in [9.17, 15) is 13.2 Å². The van der Waals surface area contributed by atoms with Gasteiger partial charge in [-0.2, -0.15) is 0 Å². The number of fused-ring (bicyclic) bond motifs is 1. The molecule has 4 rings (SSSR count). The summed E-state index contributed by atoms with van der Waals surface area (Å²) in [5, 5.41) is 0. The highest BCUT2D eigenvalue weighted by Crippen LogP contribution is 2.26. The fourth-order valence-electron chi connectivity index (χ4n) is 4.31. The maximum absolute atomic E-state index is 13.0. The molecule has 1 fully saturated rings. The average molecular weight is 413 g/mol. The molecule has 6 heteroatoms. The SMILES string of the molecule is Cc1ccc(CS(=O)(=O)N2CCC(C(=O)N3CCc4ccccc4C3)CC2)cc1. The summed E-state index contributed by atoms with van der Waals surface area (Å²) in [6, 6.07) is 15.9. The zero-order valence-electron chi connectivity index (χ0n) is 16.9. The van der Waals surface area contributed by atoms with Crippen LogP contribution in [0.2, 0.25) is 0 Å². The molecule has 0 N–H and O–H groups in total. The van der Waals surface area contributed by atoms with Crippen LogP contribution in [0.25, 0.3) is 0 Å². The van der Waals surface area contributed by atoms with Crippen LogP contribution in [0.5, 0.6) is 0 Å². The fraction of sp³-hybridized carbons (Fsp3) is 0.435. The standard InChI is InChI=1S/C23H28N2O3S/c1-18-6-8-19(9-7-18)17-29(27,28)25-14-11-21(12-15-25)23(26)24-13-10-20-4-2-3-5-22(20)16-24/h2-9,21H,10-17H2,1H3. The Hall–Kier alpha value is -2.18.